The molecule has 2 atom stereocenters. The van der Waals surface area contributed by atoms with Crippen LogP contribution in [0, 0.1) is 11.7 Å². The average molecular weight is 433 g/mol. The molecule has 1 aliphatic carbocycles. The monoisotopic (exact) mass is 433 g/mol. The number of pyridine rings is 2. The van der Waals surface area contributed by atoms with Gasteiger partial charge in [0.1, 0.15) is 5.82 Å². The summed E-state index contributed by atoms with van der Waals surface area (Å²) in [6.45, 7) is 1.06. The lowest BCUT2D eigenvalue weighted by atomic mass is 9.79. The zero-order valence-corrected chi connectivity index (χ0v) is 16.9. The van der Waals surface area contributed by atoms with E-state index in [1.165, 1.54) is 17.2 Å². The zero-order valence-electron chi connectivity index (χ0n) is 16.9. The number of anilines is 3. The molecule has 2 aliphatic rings. The van der Waals surface area contributed by atoms with Gasteiger partial charge in [0.05, 0.1) is 23.8 Å². The Labute approximate surface area is 178 Å². The van der Waals surface area contributed by atoms with E-state index in [0.29, 0.717) is 49.6 Å². The van der Waals surface area contributed by atoms with E-state index < -0.39 is 23.8 Å². The van der Waals surface area contributed by atoms with Gasteiger partial charge in [-0.1, -0.05) is 6.42 Å². The molecule has 1 aliphatic heterocycles. The van der Waals surface area contributed by atoms with Crippen molar-refractivity contribution >= 4 is 23.2 Å². The molecule has 166 valence electrons. The van der Waals surface area contributed by atoms with Crippen molar-refractivity contribution in [3.8, 4) is 0 Å². The summed E-state index contributed by atoms with van der Waals surface area (Å²) in [4.78, 5) is 22.9. The second-order valence-corrected chi connectivity index (χ2v) is 8.06. The second-order valence-electron chi connectivity index (χ2n) is 8.06. The van der Waals surface area contributed by atoms with Crippen LogP contribution in [0.1, 0.15) is 43.7 Å². The van der Waals surface area contributed by atoms with Crippen LogP contribution in [0.15, 0.2) is 30.6 Å². The van der Waals surface area contributed by atoms with E-state index in [2.05, 4.69) is 15.6 Å². The van der Waals surface area contributed by atoms with Crippen LogP contribution in [0.4, 0.5) is 30.8 Å². The molecule has 4 rings (SSSR count). The lowest BCUT2D eigenvalue weighted by Crippen LogP contribution is -2.37. The molecule has 2 aromatic rings. The standard InChI is InChI=1S/C21H25F2N5O3/c22-15-10-16(12-24-11-15)26-20(29)28-8-2-7-25-18-6-5-17(27-19(18)28)13-3-1-4-14(9-13)21(23,30)31/h5-6,10-14,25,30-31H,1-4,7-9H2,(H,26,29). The van der Waals surface area contributed by atoms with Crippen molar-refractivity contribution in [3.63, 3.8) is 0 Å². The Kier molecular flexibility index (Phi) is 6.01. The van der Waals surface area contributed by atoms with Gasteiger partial charge in [-0.3, -0.25) is 9.88 Å². The number of halogens is 2. The molecule has 0 bridgehead atoms. The molecule has 31 heavy (non-hydrogen) atoms. The van der Waals surface area contributed by atoms with Crippen molar-refractivity contribution < 1.29 is 23.8 Å². The molecule has 0 saturated heterocycles. The van der Waals surface area contributed by atoms with Crippen molar-refractivity contribution in [2.45, 2.75) is 44.1 Å². The molecule has 1 fully saturated rings. The quantitative estimate of drug-likeness (QED) is 0.553. The minimum Gasteiger partial charge on any atom is -0.382 e. The van der Waals surface area contributed by atoms with Crippen LogP contribution in [0.5, 0.6) is 0 Å². The fraction of sp³-hybridized carbons (Fsp3) is 0.476. The largest absolute Gasteiger partial charge is 0.382 e. The number of nitrogens with one attached hydrogen (secondary N) is 2. The Balaban J connectivity index is 1.59. The van der Waals surface area contributed by atoms with Crippen molar-refractivity contribution in [2.75, 3.05) is 28.6 Å². The van der Waals surface area contributed by atoms with E-state index in [-0.39, 0.29) is 18.0 Å². The van der Waals surface area contributed by atoms with Gasteiger partial charge in [-0.25, -0.2) is 14.2 Å². The summed E-state index contributed by atoms with van der Waals surface area (Å²) >= 11 is 0. The number of aliphatic hydroxyl groups is 2. The highest BCUT2D eigenvalue weighted by Gasteiger charge is 2.39. The number of carbonyl (C=O) groups is 1. The van der Waals surface area contributed by atoms with E-state index in [0.717, 1.165) is 12.6 Å². The van der Waals surface area contributed by atoms with Gasteiger partial charge in [-0.05, 0) is 37.8 Å². The molecule has 2 unspecified atom stereocenters. The number of hydrogen-bond acceptors (Lipinski definition) is 6. The van der Waals surface area contributed by atoms with Gasteiger partial charge >= 0.3 is 12.1 Å². The van der Waals surface area contributed by atoms with E-state index >= 15 is 0 Å². The van der Waals surface area contributed by atoms with Crippen molar-refractivity contribution in [1.29, 1.82) is 0 Å². The van der Waals surface area contributed by atoms with Gasteiger partial charge in [-0.15, -0.1) is 0 Å². The summed E-state index contributed by atoms with van der Waals surface area (Å²) in [5, 5.41) is 24.7. The summed E-state index contributed by atoms with van der Waals surface area (Å²) in [5.74, 6) is -1.16. The van der Waals surface area contributed by atoms with Crippen LogP contribution in [0.2, 0.25) is 0 Å². The summed E-state index contributed by atoms with van der Waals surface area (Å²) < 4.78 is 27.1. The number of alkyl halides is 1. The fourth-order valence-corrected chi connectivity index (χ4v) is 4.26. The average Bonchev–Trinajstić information content (AvgIpc) is 2.95. The van der Waals surface area contributed by atoms with Gasteiger partial charge < -0.3 is 20.8 Å². The minimum atomic E-state index is -3.21. The fourth-order valence-electron chi connectivity index (χ4n) is 4.26. The highest BCUT2D eigenvalue weighted by atomic mass is 19.2. The first-order chi connectivity index (χ1) is 14.8. The molecule has 0 radical (unpaired) electrons. The third-order valence-corrected chi connectivity index (χ3v) is 5.84. The second kappa shape index (κ2) is 8.72. The predicted molar refractivity (Wildman–Crippen MR) is 111 cm³/mol. The van der Waals surface area contributed by atoms with Gasteiger partial charge in [0.25, 0.3) is 0 Å². The number of amides is 2. The molecule has 0 spiro atoms. The normalized spacial score (nSPS) is 21.6. The maximum absolute atomic E-state index is 13.7. The molecule has 10 heteroatoms. The molecular formula is C21H25F2N5O3. The van der Waals surface area contributed by atoms with Crippen LogP contribution >= 0.6 is 0 Å². The molecule has 2 amide bonds. The summed E-state index contributed by atoms with van der Waals surface area (Å²) in [6.07, 6.45) is 5.13. The van der Waals surface area contributed by atoms with Crippen molar-refractivity contribution in [1.82, 2.24) is 9.97 Å². The number of urea groups is 1. The van der Waals surface area contributed by atoms with Crippen LogP contribution < -0.4 is 15.5 Å². The van der Waals surface area contributed by atoms with Gasteiger partial charge in [0, 0.05) is 36.7 Å². The molecule has 4 N–H and O–H groups in total. The minimum absolute atomic E-state index is 0.154. The maximum Gasteiger partial charge on any atom is 0.327 e. The Morgan fingerprint density at radius 3 is 2.87 bits per heavy atom. The van der Waals surface area contributed by atoms with Gasteiger partial charge in [0.15, 0.2) is 5.82 Å². The Bertz CT molecular complexity index is 953. The van der Waals surface area contributed by atoms with E-state index in [9.17, 15) is 23.8 Å². The molecule has 0 aromatic carbocycles. The van der Waals surface area contributed by atoms with Crippen LogP contribution in [-0.4, -0.2) is 45.3 Å². The first kappa shape index (κ1) is 21.4. The Hall–Kier alpha value is -2.85. The summed E-state index contributed by atoms with van der Waals surface area (Å²) in [6, 6.07) is 1.16. The van der Waals surface area contributed by atoms with Gasteiger partial charge in [0.2, 0.25) is 0 Å². The molecule has 1 saturated carbocycles. The third kappa shape index (κ3) is 4.91. The van der Waals surface area contributed by atoms with Crippen LogP contribution in [0.3, 0.4) is 0 Å². The van der Waals surface area contributed by atoms with E-state index in [1.54, 1.807) is 0 Å². The zero-order chi connectivity index (χ0) is 22.0. The van der Waals surface area contributed by atoms with E-state index in [1.807, 2.05) is 12.1 Å². The molecule has 8 nitrogen and oxygen atoms in total. The predicted octanol–water partition coefficient (Wildman–Crippen LogP) is 3.35. The molecular weight excluding hydrogens is 408 g/mol. The van der Waals surface area contributed by atoms with Gasteiger partial charge in [-0.2, -0.15) is 4.39 Å². The summed E-state index contributed by atoms with van der Waals surface area (Å²) in [7, 11) is 0. The lowest BCUT2D eigenvalue weighted by Gasteiger charge is -2.32. The maximum atomic E-state index is 13.7. The number of hydrogen-bond donors (Lipinski definition) is 4. The first-order valence-corrected chi connectivity index (χ1v) is 10.4. The number of nitrogens with zero attached hydrogens (tertiary/aromatic N) is 3. The SMILES string of the molecule is O=C(Nc1cncc(F)c1)N1CCCNc2ccc(C3CCCC(C(O)(O)F)C3)nc21. The lowest BCUT2D eigenvalue weighted by molar-refractivity contribution is -0.297. The Morgan fingerprint density at radius 2 is 2.10 bits per heavy atom. The highest BCUT2D eigenvalue weighted by Crippen LogP contribution is 2.41. The number of aromatic nitrogens is 2. The van der Waals surface area contributed by atoms with Crippen LogP contribution in [-0.2, 0) is 0 Å². The highest BCUT2D eigenvalue weighted by molar-refractivity contribution is 6.03. The smallest absolute Gasteiger partial charge is 0.327 e. The number of rotatable bonds is 3. The Morgan fingerprint density at radius 1 is 1.26 bits per heavy atom. The summed E-state index contributed by atoms with van der Waals surface area (Å²) in [5.41, 5.74) is 1.59. The van der Waals surface area contributed by atoms with Crippen molar-refractivity contribution in [3.05, 3.63) is 42.1 Å². The molecule has 2 aromatic heterocycles. The van der Waals surface area contributed by atoms with Crippen LogP contribution in [0.25, 0.3) is 0 Å². The third-order valence-electron chi connectivity index (χ3n) is 5.84. The molecule has 3 heterocycles. The first-order valence-electron chi connectivity index (χ1n) is 10.4. The number of fused-ring (bicyclic) bond motifs is 1. The topological polar surface area (TPSA) is 111 Å². The van der Waals surface area contributed by atoms with E-state index in [4.69, 9.17) is 4.98 Å². The van der Waals surface area contributed by atoms with Crippen molar-refractivity contribution in [2.24, 2.45) is 5.92 Å². The number of carbonyl (C=O) groups excluding carboxylic acids is 1.